The average molecular weight is 347 g/mol. The molecule has 0 unspecified atom stereocenters. The van der Waals surface area contributed by atoms with Gasteiger partial charge in [0.15, 0.2) is 0 Å². The first-order valence-corrected chi connectivity index (χ1v) is 8.06. The van der Waals surface area contributed by atoms with Crippen LogP contribution in [0.2, 0.25) is 10.2 Å². The van der Waals surface area contributed by atoms with E-state index < -0.39 is 10.0 Å². The van der Waals surface area contributed by atoms with Gasteiger partial charge >= 0.3 is 0 Å². The molecule has 2 rings (SSSR count). The molecule has 1 aromatic heterocycles. The number of ether oxygens (including phenoxy) is 1. The molecule has 2 aromatic rings. The number of methoxy groups -OCH3 is 1. The topological polar surface area (TPSA) is 68.3 Å². The highest BCUT2D eigenvalue weighted by Crippen LogP contribution is 2.28. The molecule has 0 amide bonds. The number of nitrogens with one attached hydrogen (secondary N) is 1. The maximum absolute atomic E-state index is 12.3. The predicted molar refractivity (Wildman–Crippen MR) is 82.8 cm³/mol. The van der Waals surface area contributed by atoms with Crippen LogP contribution in [0, 0.1) is 6.92 Å². The van der Waals surface area contributed by atoms with Crippen molar-refractivity contribution in [3.05, 3.63) is 46.2 Å². The summed E-state index contributed by atoms with van der Waals surface area (Å²) in [6, 6.07) is 5.81. The van der Waals surface area contributed by atoms with Crippen LogP contribution in [0.15, 0.2) is 35.4 Å². The quantitative estimate of drug-likeness (QED) is 0.860. The lowest BCUT2D eigenvalue weighted by Crippen LogP contribution is -2.13. The molecule has 0 radical (unpaired) electrons. The average Bonchev–Trinajstić information content (AvgIpc) is 2.42. The van der Waals surface area contributed by atoms with Crippen molar-refractivity contribution in [2.75, 3.05) is 11.8 Å². The first-order chi connectivity index (χ1) is 9.83. The second-order valence-corrected chi connectivity index (χ2v) is 6.68. The summed E-state index contributed by atoms with van der Waals surface area (Å²) < 4.78 is 32.0. The van der Waals surface area contributed by atoms with E-state index in [1.165, 1.54) is 31.5 Å². The van der Waals surface area contributed by atoms with E-state index in [0.717, 1.165) is 0 Å². The molecule has 0 saturated carbocycles. The fourth-order valence-corrected chi connectivity index (χ4v) is 3.13. The monoisotopic (exact) mass is 346 g/mol. The Hall–Kier alpha value is -1.50. The number of benzene rings is 1. The minimum Gasteiger partial charge on any atom is -0.495 e. The maximum atomic E-state index is 12.3. The lowest BCUT2D eigenvalue weighted by atomic mass is 10.3. The molecule has 1 N–H and O–H groups in total. The van der Waals surface area contributed by atoms with E-state index in [4.69, 9.17) is 27.9 Å². The van der Waals surface area contributed by atoms with Crippen LogP contribution in [0.5, 0.6) is 5.75 Å². The van der Waals surface area contributed by atoms with Gasteiger partial charge in [-0.05, 0) is 36.8 Å². The molecule has 0 spiro atoms. The largest absolute Gasteiger partial charge is 0.495 e. The van der Waals surface area contributed by atoms with Crippen molar-refractivity contribution in [2.24, 2.45) is 0 Å². The Balaban J connectivity index is 2.33. The normalized spacial score (nSPS) is 11.2. The van der Waals surface area contributed by atoms with Gasteiger partial charge in [0.1, 0.15) is 10.9 Å². The second kappa shape index (κ2) is 6.09. The summed E-state index contributed by atoms with van der Waals surface area (Å²) in [6.07, 6.45) is 1.35. The third-order valence-corrected chi connectivity index (χ3v) is 4.77. The summed E-state index contributed by atoms with van der Waals surface area (Å²) in [7, 11) is -2.31. The van der Waals surface area contributed by atoms with Gasteiger partial charge in [-0.2, -0.15) is 0 Å². The molecule has 0 aliphatic heterocycles. The van der Waals surface area contributed by atoms with Crippen LogP contribution in [0.1, 0.15) is 5.56 Å². The van der Waals surface area contributed by atoms with Gasteiger partial charge in [0.2, 0.25) is 0 Å². The lowest BCUT2D eigenvalue weighted by molar-refractivity contribution is 0.414. The highest BCUT2D eigenvalue weighted by Gasteiger charge is 2.16. The summed E-state index contributed by atoms with van der Waals surface area (Å²) in [6.45, 7) is 1.73. The number of hydrogen-bond acceptors (Lipinski definition) is 4. The third-order valence-electron chi connectivity index (χ3n) is 2.70. The number of rotatable bonds is 4. The minimum absolute atomic E-state index is 0.0286. The van der Waals surface area contributed by atoms with Crippen molar-refractivity contribution < 1.29 is 13.2 Å². The van der Waals surface area contributed by atoms with E-state index in [1.807, 2.05) is 0 Å². The van der Waals surface area contributed by atoms with Crippen LogP contribution in [0.4, 0.5) is 5.69 Å². The fraction of sp³-hybridized carbons (Fsp3) is 0.154. The Morgan fingerprint density at radius 1 is 1.24 bits per heavy atom. The number of anilines is 1. The first-order valence-electron chi connectivity index (χ1n) is 5.82. The zero-order valence-corrected chi connectivity index (χ0v) is 13.6. The maximum Gasteiger partial charge on any atom is 0.261 e. The number of hydrogen-bond donors (Lipinski definition) is 1. The molecule has 1 aromatic carbocycles. The number of sulfonamides is 1. The molecule has 0 saturated heterocycles. The zero-order valence-electron chi connectivity index (χ0n) is 11.2. The lowest BCUT2D eigenvalue weighted by Gasteiger charge is -2.10. The summed E-state index contributed by atoms with van der Waals surface area (Å²) in [5.74, 6) is 0.402. The number of pyridine rings is 1. The van der Waals surface area contributed by atoms with Crippen LogP contribution < -0.4 is 9.46 Å². The Kier molecular flexibility index (Phi) is 4.61. The van der Waals surface area contributed by atoms with E-state index in [1.54, 1.807) is 13.0 Å². The van der Waals surface area contributed by atoms with Gasteiger partial charge in [-0.3, -0.25) is 4.72 Å². The standard InChI is InChI=1S/C13H12Cl2N2O3S/c1-8-5-9(7-16-13(8)15)17-21(18,19)10-3-4-12(20-2)11(14)6-10/h3-7,17H,1-2H3. The Morgan fingerprint density at radius 3 is 2.52 bits per heavy atom. The molecule has 8 heteroatoms. The Morgan fingerprint density at radius 2 is 1.95 bits per heavy atom. The van der Waals surface area contributed by atoms with Gasteiger partial charge in [-0.1, -0.05) is 23.2 Å². The van der Waals surface area contributed by atoms with Crippen molar-refractivity contribution in [1.82, 2.24) is 4.98 Å². The van der Waals surface area contributed by atoms with Gasteiger partial charge in [-0.25, -0.2) is 13.4 Å². The number of aromatic nitrogens is 1. The number of halogens is 2. The van der Waals surface area contributed by atoms with Gasteiger partial charge in [0.05, 0.1) is 28.9 Å². The van der Waals surface area contributed by atoms with Gasteiger partial charge in [0, 0.05) is 0 Å². The molecule has 0 aliphatic rings. The Bertz CT molecular complexity index is 779. The first kappa shape index (κ1) is 15.9. The van der Waals surface area contributed by atoms with Gasteiger partial charge in [0.25, 0.3) is 10.0 Å². The van der Waals surface area contributed by atoms with Crippen molar-refractivity contribution in [3.63, 3.8) is 0 Å². The van der Waals surface area contributed by atoms with Crippen molar-refractivity contribution >= 4 is 38.9 Å². The molecule has 1 heterocycles. The van der Waals surface area contributed by atoms with Crippen LogP contribution in [-0.2, 0) is 10.0 Å². The molecular weight excluding hydrogens is 335 g/mol. The highest BCUT2D eigenvalue weighted by molar-refractivity contribution is 7.92. The summed E-state index contributed by atoms with van der Waals surface area (Å²) in [4.78, 5) is 3.92. The van der Waals surface area contributed by atoms with Crippen molar-refractivity contribution in [2.45, 2.75) is 11.8 Å². The third kappa shape index (κ3) is 3.58. The molecule has 112 valence electrons. The van der Waals surface area contributed by atoms with E-state index >= 15 is 0 Å². The molecule has 0 fully saturated rings. The summed E-state index contributed by atoms with van der Waals surface area (Å²) >= 11 is 11.7. The van der Waals surface area contributed by atoms with E-state index in [2.05, 4.69) is 9.71 Å². The second-order valence-electron chi connectivity index (χ2n) is 4.23. The predicted octanol–water partition coefficient (Wildman–Crippen LogP) is 3.51. The van der Waals surface area contributed by atoms with Crippen LogP contribution in [-0.4, -0.2) is 20.5 Å². The molecule has 5 nitrogen and oxygen atoms in total. The molecular formula is C13H12Cl2N2O3S. The molecule has 0 bridgehead atoms. The summed E-state index contributed by atoms with van der Waals surface area (Å²) in [5, 5.41) is 0.538. The van der Waals surface area contributed by atoms with E-state index in [0.29, 0.717) is 22.2 Å². The van der Waals surface area contributed by atoms with Crippen LogP contribution in [0.25, 0.3) is 0 Å². The van der Waals surface area contributed by atoms with Gasteiger partial charge < -0.3 is 4.74 Å². The summed E-state index contributed by atoms with van der Waals surface area (Å²) in [5.41, 5.74) is 0.994. The van der Waals surface area contributed by atoms with E-state index in [-0.39, 0.29) is 9.92 Å². The van der Waals surface area contributed by atoms with Crippen LogP contribution >= 0.6 is 23.2 Å². The number of aryl methyl sites for hydroxylation is 1. The SMILES string of the molecule is COc1ccc(S(=O)(=O)Nc2cnc(Cl)c(C)c2)cc1Cl. The molecule has 0 aliphatic carbocycles. The van der Waals surface area contributed by atoms with Crippen LogP contribution in [0.3, 0.4) is 0 Å². The minimum atomic E-state index is -3.76. The smallest absolute Gasteiger partial charge is 0.261 e. The Labute approximate surface area is 132 Å². The van der Waals surface area contributed by atoms with Crippen molar-refractivity contribution in [1.29, 1.82) is 0 Å². The highest BCUT2D eigenvalue weighted by atomic mass is 35.5. The zero-order chi connectivity index (χ0) is 15.6. The van der Waals surface area contributed by atoms with E-state index in [9.17, 15) is 8.42 Å². The van der Waals surface area contributed by atoms with Crippen molar-refractivity contribution in [3.8, 4) is 5.75 Å². The van der Waals surface area contributed by atoms with Gasteiger partial charge in [-0.15, -0.1) is 0 Å². The fourth-order valence-electron chi connectivity index (χ4n) is 1.64. The molecule has 0 atom stereocenters. The molecule has 21 heavy (non-hydrogen) atoms. The number of nitrogens with zero attached hydrogens (tertiary/aromatic N) is 1.